The van der Waals surface area contributed by atoms with E-state index in [4.69, 9.17) is 4.74 Å². The van der Waals surface area contributed by atoms with Gasteiger partial charge in [0.2, 0.25) is 0 Å². The van der Waals surface area contributed by atoms with Gasteiger partial charge in [0.05, 0.1) is 18.2 Å². The number of hydrogen-bond acceptors (Lipinski definition) is 5. The highest BCUT2D eigenvalue weighted by Gasteiger charge is 2.34. The lowest BCUT2D eigenvalue weighted by atomic mass is 10.1. The molecule has 29 heavy (non-hydrogen) atoms. The van der Waals surface area contributed by atoms with E-state index >= 15 is 0 Å². The summed E-state index contributed by atoms with van der Waals surface area (Å²) in [6, 6.07) is 15.3. The fraction of sp³-hybridized carbons (Fsp3) is 0.391. The fourth-order valence-electron chi connectivity index (χ4n) is 4.08. The number of ether oxygens (including phenoxy) is 1. The van der Waals surface area contributed by atoms with Crippen LogP contribution >= 0.6 is 0 Å². The fourth-order valence-corrected chi connectivity index (χ4v) is 4.08. The third kappa shape index (κ3) is 4.12. The van der Waals surface area contributed by atoms with Crippen molar-refractivity contribution < 1.29 is 14.3 Å². The zero-order valence-corrected chi connectivity index (χ0v) is 16.8. The second-order valence-electron chi connectivity index (χ2n) is 7.54. The maximum atomic E-state index is 12.4. The molecule has 0 unspecified atom stereocenters. The van der Waals surface area contributed by atoms with Crippen molar-refractivity contribution >= 4 is 17.5 Å². The van der Waals surface area contributed by atoms with Crippen LogP contribution in [-0.2, 0) is 0 Å². The molecule has 1 fully saturated rings. The maximum Gasteiger partial charge on any atom is 0.261 e. The van der Waals surface area contributed by atoms with E-state index < -0.39 is 0 Å². The van der Waals surface area contributed by atoms with Crippen molar-refractivity contribution in [3.8, 4) is 5.75 Å². The van der Waals surface area contributed by atoms with Crippen LogP contribution in [0.25, 0.3) is 0 Å². The third-order valence-electron chi connectivity index (χ3n) is 5.78. The van der Waals surface area contributed by atoms with Crippen molar-refractivity contribution in [2.45, 2.75) is 12.8 Å². The van der Waals surface area contributed by atoms with Gasteiger partial charge in [-0.1, -0.05) is 18.2 Å². The summed E-state index contributed by atoms with van der Waals surface area (Å²) in [5.74, 6) is 0.577. The number of carbonyl (C=O) groups excluding carboxylic acids is 2. The van der Waals surface area contributed by atoms with Gasteiger partial charge in [-0.05, 0) is 43.7 Å². The van der Waals surface area contributed by atoms with Gasteiger partial charge in [-0.3, -0.25) is 19.4 Å². The third-order valence-corrected chi connectivity index (χ3v) is 5.78. The highest BCUT2D eigenvalue weighted by atomic mass is 16.5. The summed E-state index contributed by atoms with van der Waals surface area (Å²) in [5, 5.41) is 0. The number of amides is 2. The molecule has 2 amide bonds. The summed E-state index contributed by atoms with van der Waals surface area (Å²) >= 11 is 0. The molecule has 0 saturated carbocycles. The Morgan fingerprint density at radius 2 is 1.48 bits per heavy atom. The van der Waals surface area contributed by atoms with Crippen molar-refractivity contribution in [1.29, 1.82) is 0 Å². The Kier molecular flexibility index (Phi) is 5.81. The molecule has 2 aromatic rings. The zero-order chi connectivity index (χ0) is 20.2. The summed E-state index contributed by atoms with van der Waals surface area (Å²) in [6.45, 7) is 5.51. The molecule has 6 nitrogen and oxygen atoms in total. The molecule has 152 valence electrons. The van der Waals surface area contributed by atoms with Gasteiger partial charge in [0, 0.05) is 44.5 Å². The van der Waals surface area contributed by atoms with Crippen LogP contribution < -0.4 is 9.64 Å². The number of unbranched alkanes of at least 4 members (excludes halogenated alkanes) is 1. The van der Waals surface area contributed by atoms with E-state index in [9.17, 15) is 9.59 Å². The molecule has 2 heterocycles. The number of fused-ring (bicyclic) bond motifs is 1. The molecule has 4 rings (SSSR count). The average Bonchev–Trinajstić information content (AvgIpc) is 3.02. The van der Waals surface area contributed by atoms with E-state index in [2.05, 4.69) is 21.9 Å². The normalized spacial score (nSPS) is 17.0. The monoisotopic (exact) mass is 393 g/mol. The summed E-state index contributed by atoms with van der Waals surface area (Å²) in [4.78, 5) is 31.0. The van der Waals surface area contributed by atoms with Crippen LogP contribution in [0.1, 0.15) is 33.6 Å². The van der Waals surface area contributed by atoms with Crippen LogP contribution in [0.3, 0.4) is 0 Å². The van der Waals surface area contributed by atoms with E-state index in [1.165, 1.54) is 10.6 Å². The lowest BCUT2D eigenvalue weighted by Gasteiger charge is -2.36. The Labute approximate surface area is 171 Å². The number of piperazine rings is 1. The number of imide groups is 1. The van der Waals surface area contributed by atoms with Gasteiger partial charge in [-0.25, -0.2) is 0 Å². The molecule has 0 bridgehead atoms. The quantitative estimate of drug-likeness (QED) is 0.535. The van der Waals surface area contributed by atoms with Crippen molar-refractivity contribution in [2.75, 3.05) is 51.3 Å². The molecule has 0 atom stereocenters. The number of carbonyl (C=O) groups is 2. The number of methoxy groups -OCH3 is 1. The summed E-state index contributed by atoms with van der Waals surface area (Å²) in [7, 11) is 1.69. The first kappa shape index (κ1) is 19.5. The van der Waals surface area contributed by atoms with Gasteiger partial charge in [-0.2, -0.15) is 0 Å². The first-order chi connectivity index (χ1) is 14.2. The molecule has 2 aromatic carbocycles. The molecule has 2 aliphatic rings. The summed E-state index contributed by atoms with van der Waals surface area (Å²) < 4.78 is 5.32. The number of benzene rings is 2. The Morgan fingerprint density at radius 3 is 2.14 bits per heavy atom. The van der Waals surface area contributed by atoms with Gasteiger partial charge < -0.3 is 9.64 Å². The van der Waals surface area contributed by atoms with Gasteiger partial charge >= 0.3 is 0 Å². The van der Waals surface area contributed by atoms with E-state index in [1.807, 2.05) is 12.1 Å². The van der Waals surface area contributed by atoms with Crippen molar-refractivity contribution in [3.63, 3.8) is 0 Å². The van der Waals surface area contributed by atoms with Crippen LogP contribution in [0.5, 0.6) is 5.75 Å². The predicted molar refractivity (Wildman–Crippen MR) is 113 cm³/mol. The Balaban J connectivity index is 1.20. The second kappa shape index (κ2) is 8.66. The molecule has 0 aliphatic carbocycles. The van der Waals surface area contributed by atoms with Gasteiger partial charge in [-0.15, -0.1) is 0 Å². The largest absolute Gasteiger partial charge is 0.497 e. The van der Waals surface area contributed by atoms with E-state index in [1.54, 1.807) is 31.4 Å². The van der Waals surface area contributed by atoms with Crippen molar-refractivity contribution in [2.24, 2.45) is 0 Å². The minimum absolute atomic E-state index is 0.155. The molecular weight excluding hydrogens is 366 g/mol. The first-order valence-corrected chi connectivity index (χ1v) is 10.2. The zero-order valence-electron chi connectivity index (χ0n) is 16.8. The van der Waals surface area contributed by atoms with Crippen LogP contribution in [0.4, 0.5) is 5.69 Å². The molecule has 6 heteroatoms. The van der Waals surface area contributed by atoms with Gasteiger partial charge in [0.15, 0.2) is 0 Å². The summed E-state index contributed by atoms with van der Waals surface area (Å²) in [6.07, 6.45) is 1.81. The Bertz CT molecular complexity index is 855. The molecular formula is C23H27N3O3. The molecule has 2 aliphatic heterocycles. The van der Waals surface area contributed by atoms with Crippen LogP contribution in [-0.4, -0.2) is 68.0 Å². The number of nitrogens with zero attached hydrogens (tertiary/aromatic N) is 3. The number of hydrogen-bond donors (Lipinski definition) is 0. The van der Waals surface area contributed by atoms with Gasteiger partial charge in [0.1, 0.15) is 5.75 Å². The van der Waals surface area contributed by atoms with Crippen LogP contribution in [0, 0.1) is 0 Å². The minimum atomic E-state index is -0.155. The number of anilines is 1. The van der Waals surface area contributed by atoms with Gasteiger partial charge in [0.25, 0.3) is 11.8 Å². The highest BCUT2D eigenvalue weighted by Crippen LogP contribution is 2.24. The second-order valence-corrected chi connectivity index (χ2v) is 7.54. The lowest BCUT2D eigenvalue weighted by Crippen LogP contribution is -2.46. The first-order valence-electron chi connectivity index (χ1n) is 10.2. The predicted octanol–water partition coefficient (Wildman–Crippen LogP) is 2.89. The Hall–Kier alpha value is -2.86. The topological polar surface area (TPSA) is 53.1 Å². The maximum absolute atomic E-state index is 12.4. The van der Waals surface area contributed by atoms with Crippen LogP contribution in [0.2, 0.25) is 0 Å². The molecule has 0 N–H and O–H groups in total. The molecule has 0 spiro atoms. The summed E-state index contributed by atoms with van der Waals surface area (Å²) in [5.41, 5.74) is 2.27. The number of rotatable bonds is 7. The smallest absolute Gasteiger partial charge is 0.261 e. The SMILES string of the molecule is COc1cccc(N2CCN(CCCCN3C(=O)c4ccccc4C3=O)CC2)c1. The van der Waals surface area contributed by atoms with Crippen LogP contribution in [0.15, 0.2) is 48.5 Å². The van der Waals surface area contributed by atoms with Crippen molar-refractivity contribution in [3.05, 3.63) is 59.7 Å². The van der Waals surface area contributed by atoms with Crippen molar-refractivity contribution in [1.82, 2.24) is 9.80 Å². The molecule has 0 radical (unpaired) electrons. The lowest BCUT2D eigenvalue weighted by molar-refractivity contribution is 0.0650. The molecule has 0 aromatic heterocycles. The average molecular weight is 393 g/mol. The standard InChI is InChI=1S/C23H27N3O3/c1-29-19-8-6-7-18(17-19)25-15-13-24(14-16-25)11-4-5-12-26-22(27)20-9-2-3-10-21(20)23(26)28/h2-3,6-10,17H,4-5,11-16H2,1H3. The minimum Gasteiger partial charge on any atom is -0.497 e. The molecule has 1 saturated heterocycles. The highest BCUT2D eigenvalue weighted by molar-refractivity contribution is 6.21. The van der Waals surface area contributed by atoms with E-state index in [0.29, 0.717) is 17.7 Å². The van der Waals surface area contributed by atoms with E-state index in [0.717, 1.165) is 51.3 Å². The van der Waals surface area contributed by atoms with E-state index in [-0.39, 0.29) is 11.8 Å². The Morgan fingerprint density at radius 1 is 0.828 bits per heavy atom.